The highest BCUT2D eigenvalue weighted by Crippen LogP contribution is 2.21. The number of rotatable bonds is 5. The van der Waals surface area contributed by atoms with E-state index >= 15 is 0 Å². The molecule has 3 N–H and O–H groups in total. The molecule has 1 aromatic carbocycles. The average molecular weight is 317 g/mol. The van der Waals surface area contributed by atoms with Crippen LogP contribution in [0.5, 0.6) is 0 Å². The van der Waals surface area contributed by atoms with Crippen LogP contribution in [0.4, 0.5) is 0 Å². The first-order chi connectivity index (χ1) is 10.9. The molecule has 126 valence electrons. The number of amides is 2. The molecule has 0 spiro atoms. The lowest BCUT2D eigenvalue weighted by atomic mass is 9.90. The molecule has 0 bridgehead atoms. The second-order valence-corrected chi connectivity index (χ2v) is 6.92. The van der Waals surface area contributed by atoms with Crippen molar-refractivity contribution >= 4 is 11.8 Å². The second-order valence-electron chi connectivity index (χ2n) is 6.92. The molecule has 2 rings (SSSR count). The molecule has 5 nitrogen and oxygen atoms in total. The third-order valence-electron chi connectivity index (χ3n) is 4.32. The minimum Gasteiger partial charge on any atom is -0.345 e. The Hall–Kier alpha value is -1.88. The van der Waals surface area contributed by atoms with Crippen LogP contribution in [-0.4, -0.2) is 41.9 Å². The minimum atomic E-state index is -0.955. The Bertz CT molecular complexity index is 529. The zero-order valence-electron chi connectivity index (χ0n) is 14.0. The smallest absolute Gasteiger partial charge is 0.241 e. The van der Waals surface area contributed by atoms with E-state index in [0.29, 0.717) is 5.92 Å². The number of hydrogen-bond acceptors (Lipinski definition) is 3. The Morgan fingerprint density at radius 3 is 2.39 bits per heavy atom. The molecule has 0 aliphatic carbocycles. The quantitative estimate of drug-likeness (QED) is 0.860. The number of nitrogens with one attached hydrogen (secondary N) is 1. The third kappa shape index (κ3) is 5.36. The summed E-state index contributed by atoms with van der Waals surface area (Å²) in [6, 6.07) is 10.5. The van der Waals surface area contributed by atoms with Crippen molar-refractivity contribution in [2.24, 2.45) is 11.7 Å². The summed E-state index contributed by atoms with van der Waals surface area (Å²) in [5.41, 5.74) is 6.10. The maximum absolute atomic E-state index is 12.2. The van der Waals surface area contributed by atoms with Gasteiger partial charge in [0.15, 0.2) is 0 Å². The molecule has 0 atom stereocenters. The summed E-state index contributed by atoms with van der Waals surface area (Å²) in [4.78, 5) is 25.7. The van der Waals surface area contributed by atoms with Crippen molar-refractivity contribution in [3.05, 3.63) is 35.9 Å². The topological polar surface area (TPSA) is 75.4 Å². The molecule has 1 saturated heterocycles. The van der Waals surface area contributed by atoms with Crippen LogP contribution in [0.15, 0.2) is 30.3 Å². The monoisotopic (exact) mass is 317 g/mol. The molecule has 23 heavy (non-hydrogen) atoms. The normalized spacial score (nSPS) is 16.2. The van der Waals surface area contributed by atoms with Gasteiger partial charge in [-0.2, -0.15) is 0 Å². The van der Waals surface area contributed by atoms with Crippen molar-refractivity contribution < 1.29 is 9.59 Å². The van der Waals surface area contributed by atoms with E-state index in [0.717, 1.165) is 32.4 Å². The third-order valence-corrected chi connectivity index (χ3v) is 4.32. The van der Waals surface area contributed by atoms with Gasteiger partial charge in [0.05, 0.1) is 12.1 Å². The molecule has 1 aliphatic rings. The predicted molar refractivity (Wildman–Crippen MR) is 90.7 cm³/mol. The van der Waals surface area contributed by atoms with Crippen LogP contribution in [0.2, 0.25) is 0 Å². The van der Waals surface area contributed by atoms with E-state index in [-0.39, 0.29) is 18.4 Å². The summed E-state index contributed by atoms with van der Waals surface area (Å²) in [7, 11) is 0. The van der Waals surface area contributed by atoms with Crippen molar-refractivity contribution in [2.75, 3.05) is 19.6 Å². The summed E-state index contributed by atoms with van der Waals surface area (Å²) < 4.78 is 0. The maximum atomic E-state index is 12.2. The Morgan fingerprint density at radius 2 is 1.83 bits per heavy atom. The van der Waals surface area contributed by atoms with Gasteiger partial charge in [0.2, 0.25) is 11.8 Å². The first kappa shape index (κ1) is 17.5. The molecular weight excluding hydrogens is 290 g/mol. The maximum Gasteiger partial charge on any atom is 0.241 e. The zero-order chi connectivity index (χ0) is 16.9. The van der Waals surface area contributed by atoms with Crippen molar-refractivity contribution in [1.29, 1.82) is 0 Å². The largest absolute Gasteiger partial charge is 0.345 e. The van der Waals surface area contributed by atoms with E-state index in [4.69, 9.17) is 5.73 Å². The Labute approximate surface area is 138 Å². The lowest BCUT2D eigenvalue weighted by molar-refractivity contribution is -0.135. The molecule has 1 aromatic rings. The van der Waals surface area contributed by atoms with Crippen molar-refractivity contribution in [2.45, 2.75) is 38.6 Å². The fourth-order valence-electron chi connectivity index (χ4n) is 2.83. The molecular formula is C18H27N3O2. The predicted octanol–water partition coefficient (Wildman–Crippen LogP) is 1.32. The summed E-state index contributed by atoms with van der Waals surface area (Å²) >= 11 is 0. The second kappa shape index (κ2) is 7.59. The number of benzene rings is 1. The van der Waals surface area contributed by atoms with Crippen LogP contribution in [0, 0.1) is 5.92 Å². The van der Waals surface area contributed by atoms with E-state index in [1.165, 1.54) is 5.56 Å². The number of carbonyl (C=O) groups is 2. The number of carbonyl (C=O) groups excluding carboxylic acids is 2. The first-order valence-electron chi connectivity index (χ1n) is 8.25. The van der Waals surface area contributed by atoms with Crippen molar-refractivity contribution in [3.8, 4) is 0 Å². The van der Waals surface area contributed by atoms with E-state index in [1.54, 1.807) is 13.8 Å². The summed E-state index contributed by atoms with van der Waals surface area (Å²) in [6.45, 7) is 4.81. The molecule has 0 aromatic heterocycles. The van der Waals surface area contributed by atoms with E-state index in [1.807, 2.05) is 11.0 Å². The molecule has 0 saturated carbocycles. The van der Waals surface area contributed by atoms with Gasteiger partial charge >= 0.3 is 0 Å². The lowest BCUT2D eigenvalue weighted by Gasteiger charge is -2.32. The van der Waals surface area contributed by atoms with E-state index < -0.39 is 5.54 Å². The highest BCUT2D eigenvalue weighted by molar-refractivity contribution is 5.89. The fraction of sp³-hybridized carbons (Fsp3) is 0.556. The van der Waals surface area contributed by atoms with E-state index in [2.05, 4.69) is 29.6 Å². The number of hydrogen-bond donors (Lipinski definition) is 2. The van der Waals surface area contributed by atoms with Gasteiger partial charge in [-0.25, -0.2) is 0 Å². The van der Waals surface area contributed by atoms with Crippen molar-refractivity contribution in [1.82, 2.24) is 10.2 Å². The lowest BCUT2D eigenvalue weighted by Crippen LogP contribution is -2.52. The minimum absolute atomic E-state index is 0.0271. The van der Waals surface area contributed by atoms with Gasteiger partial charge in [0, 0.05) is 13.1 Å². The first-order valence-corrected chi connectivity index (χ1v) is 8.25. The number of nitrogens with zero attached hydrogens (tertiary/aromatic N) is 1. The van der Waals surface area contributed by atoms with E-state index in [9.17, 15) is 9.59 Å². The molecule has 1 aliphatic heterocycles. The van der Waals surface area contributed by atoms with Crippen LogP contribution in [0.1, 0.15) is 32.3 Å². The van der Waals surface area contributed by atoms with Crippen LogP contribution < -0.4 is 11.1 Å². The summed E-state index contributed by atoms with van der Waals surface area (Å²) in [6.07, 6.45) is 3.09. The van der Waals surface area contributed by atoms with Crippen LogP contribution in [-0.2, 0) is 16.0 Å². The van der Waals surface area contributed by atoms with Gasteiger partial charge in [0.25, 0.3) is 0 Å². The van der Waals surface area contributed by atoms with Crippen LogP contribution >= 0.6 is 0 Å². The van der Waals surface area contributed by atoms with Crippen LogP contribution in [0.25, 0.3) is 0 Å². The standard InChI is InChI=1S/C18H27N3O2/c1-18(2,19)17(23)20-13-16(22)21-10-8-15(9-11-21)12-14-6-4-3-5-7-14/h3-7,15H,8-13,19H2,1-2H3,(H,20,23). The highest BCUT2D eigenvalue weighted by atomic mass is 16.2. The van der Waals surface area contributed by atoms with Gasteiger partial charge in [0.1, 0.15) is 0 Å². The SMILES string of the molecule is CC(C)(N)C(=O)NCC(=O)N1CCC(Cc2ccccc2)CC1. The summed E-state index contributed by atoms with van der Waals surface area (Å²) in [5.74, 6) is 0.296. The Balaban J connectivity index is 1.73. The number of likely N-dealkylation sites (tertiary alicyclic amines) is 1. The van der Waals surface area contributed by atoms with Gasteiger partial charge in [-0.15, -0.1) is 0 Å². The van der Waals surface area contributed by atoms with Gasteiger partial charge in [-0.3, -0.25) is 9.59 Å². The molecule has 1 fully saturated rings. The molecule has 0 unspecified atom stereocenters. The molecule has 1 heterocycles. The molecule has 0 radical (unpaired) electrons. The number of nitrogens with two attached hydrogens (primary N) is 1. The van der Waals surface area contributed by atoms with Gasteiger partial charge < -0.3 is 16.0 Å². The summed E-state index contributed by atoms with van der Waals surface area (Å²) in [5, 5.41) is 2.62. The Kier molecular flexibility index (Phi) is 5.77. The van der Waals surface area contributed by atoms with Crippen LogP contribution in [0.3, 0.4) is 0 Å². The van der Waals surface area contributed by atoms with Crippen molar-refractivity contribution in [3.63, 3.8) is 0 Å². The highest BCUT2D eigenvalue weighted by Gasteiger charge is 2.25. The van der Waals surface area contributed by atoms with Gasteiger partial charge in [-0.1, -0.05) is 30.3 Å². The fourth-order valence-corrected chi connectivity index (χ4v) is 2.83. The van der Waals surface area contributed by atoms with Gasteiger partial charge in [-0.05, 0) is 44.6 Å². The zero-order valence-corrected chi connectivity index (χ0v) is 14.0. The number of piperidine rings is 1. The Morgan fingerprint density at radius 1 is 1.22 bits per heavy atom. The molecule has 2 amide bonds. The average Bonchev–Trinajstić information content (AvgIpc) is 2.53. The molecule has 5 heteroatoms.